The predicted molar refractivity (Wildman–Crippen MR) is 80.8 cm³/mol. The third kappa shape index (κ3) is 3.86. The van der Waals surface area contributed by atoms with Crippen LogP contribution in [0.2, 0.25) is 0 Å². The van der Waals surface area contributed by atoms with Gasteiger partial charge in [-0.3, -0.25) is 4.90 Å². The Balaban J connectivity index is 2.15. The Kier molecular flexibility index (Phi) is 5.04. The van der Waals surface area contributed by atoms with Gasteiger partial charge in [-0.25, -0.2) is 8.78 Å². The van der Waals surface area contributed by atoms with Crippen LogP contribution in [0.3, 0.4) is 0 Å². The number of benzene rings is 2. The number of halogens is 2. The van der Waals surface area contributed by atoms with Crippen molar-refractivity contribution in [3.8, 4) is 0 Å². The Hall–Kier alpha value is -1.78. The second-order valence-corrected chi connectivity index (χ2v) is 5.33. The summed E-state index contributed by atoms with van der Waals surface area (Å²) in [4.78, 5) is 2.04. The highest BCUT2D eigenvalue weighted by Gasteiger charge is 2.17. The Labute approximate surface area is 124 Å². The van der Waals surface area contributed by atoms with Crippen LogP contribution in [-0.4, -0.2) is 18.5 Å². The molecule has 0 heterocycles. The quantitative estimate of drug-likeness (QED) is 0.914. The molecule has 112 valence electrons. The molecule has 0 aliphatic heterocycles. The van der Waals surface area contributed by atoms with Crippen molar-refractivity contribution in [2.45, 2.75) is 19.5 Å². The molecule has 0 aliphatic rings. The van der Waals surface area contributed by atoms with Gasteiger partial charge in [0.05, 0.1) is 0 Å². The van der Waals surface area contributed by atoms with E-state index >= 15 is 0 Å². The monoisotopic (exact) mass is 290 g/mol. The molecule has 0 aliphatic carbocycles. The molecule has 1 atom stereocenters. The molecule has 0 spiro atoms. The molecule has 2 aromatic rings. The van der Waals surface area contributed by atoms with Crippen LogP contribution in [0.1, 0.15) is 22.7 Å². The van der Waals surface area contributed by atoms with Gasteiger partial charge in [-0.05, 0) is 37.2 Å². The van der Waals surface area contributed by atoms with Gasteiger partial charge in [0, 0.05) is 19.1 Å². The first-order chi connectivity index (χ1) is 10.0. The Morgan fingerprint density at radius 3 is 2.29 bits per heavy atom. The highest BCUT2D eigenvalue weighted by Crippen LogP contribution is 2.22. The third-order valence-corrected chi connectivity index (χ3v) is 3.64. The molecular weight excluding hydrogens is 270 g/mol. The van der Waals surface area contributed by atoms with Gasteiger partial charge in [-0.2, -0.15) is 0 Å². The van der Waals surface area contributed by atoms with Crippen molar-refractivity contribution in [3.05, 3.63) is 70.8 Å². The summed E-state index contributed by atoms with van der Waals surface area (Å²) < 4.78 is 26.4. The maximum atomic E-state index is 13.4. The SMILES string of the molecule is Cc1ccc(CN(C)C(CN)c2ccc(F)c(F)c2)cc1. The summed E-state index contributed by atoms with van der Waals surface area (Å²) in [6.45, 7) is 3.08. The van der Waals surface area contributed by atoms with Crippen LogP contribution in [0.25, 0.3) is 0 Å². The van der Waals surface area contributed by atoms with E-state index in [9.17, 15) is 8.78 Å². The summed E-state index contributed by atoms with van der Waals surface area (Å²) in [5.41, 5.74) is 8.86. The maximum absolute atomic E-state index is 13.4. The van der Waals surface area contributed by atoms with Crippen LogP contribution >= 0.6 is 0 Å². The summed E-state index contributed by atoms with van der Waals surface area (Å²) in [6.07, 6.45) is 0. The van der Waals surface area contributed by atoms with Crippen LogP contribution in [0.15, 0.2) is 42.5 Å². The fourth-order valence-electron chi connectivity index (χ4n) is 2.38. The van der Waals surface area contributed by atoms with Crippen LogP contribution < -0.4 is 5.73 Å². The van der Waals surface area contributed by atoms with Crippen LogP contribution in [0.5, 0.6) is 0 Å². The molecule has 2 aromatic carbocycles. The minimum Gasteiger partial charge on any atom is -0.329 e. The first-order valence-electron chi connectivity index (χ1n) is 6.92. The van der Waals surface area contributed by atoms with Crippen molar-refractivity contribution in [1.29, 1.82) is 0 Å². The van der Waals surface area contributed by atoms with Gasteiger partial charge >= 0.3 is 0 Å². The van der Waals surface area contributed by atoms with Crippen molar-refractivity contribution >= 4 is 0 Å². The molecule has 0 bridgehead atoms. The normalized spacial score (nSPS) is 12.7. The molecule has 0 aromatic heterocycles. The Morgan fingerprint density at radius 1 is 1.05 bits per heavy atom. The number of aryl methyl sites for hydroxylation is 1. The average Bonchev–Trinajstić information content (AvgIpc) is 2.46. The van der Waals surface area contributed by atoms with E-state index in [1.165, 1.54) is 11.6 Å². The average molecular weight is 290 g/mol. The van der Waals surface area contributed by atoms with E-state index in [2.05, 4.69) is 24.3 Å². The molecule has 0 fully saturated rings. The molecule has 0 saturated heterocycles. The van der Waals surface area contributed by atoms with Crippen LogP contribution in [0, 0.1) is 18.6 Å². The van der Waals surface area contributed by atoms with E-state index in [0.717, 1.165) is 11.6 Å². The number of rotatable bonds is 5. The topological polar surface area (TPSA) is 29.3 Å². The summed E-state index contributed by atoms with van der Waals surface area (Å²) in [5, 5.41) is 0. The van der Waals surface area contributed by atoms with Crippen LogP contribution in [0.4, 0.5) is 8.78 Å². The zero-order valence-electron chi connectivity index (χ0n) is 12.3. The van der Waals surface area contributed by atoms with Crippen molar-refractivity contribution < 1.29 is 8.78 Å². The van der Waals surface area contributed by atoms with Crippen molar-refractivity contribution in [3.63, 3.8) is 0 Å². The molecule has 0 amide bonds. The van der Waals surface area contributed by atoms with Gasteiger partial charge in [-0.15, -0.1) is 0 Å². The lowest BCUT2D eigenvalue weighted by atomic mass is 10.0. The van der Waals surface area contributed by atoms with Gasteiger partial charge in [0.1, 0.15) is 0 Å². The zero-order valence-corrected chi connectivity index (χ0v) is 12.3. The molecule has 0 saturated carbocycles. The molecule has 2 N–H and O–H groups in total. The maximum Gasteiger partial charge on any atom is 0.159 e. The highest BCUT2D eigenvalue weighted by molar-refractivity contribution is 5.24. The highest BCUT2D eigenvalue weighted by atomic mass is 19.2. The van der Waals surface area contributed by atoms with Gasteiger partial charge in [0.25, 0.3) is 0 Å². The second-order valence-electron chi connectivity index (χ2n) is 5.33. The standard InChI is InChI=1S/C17H20F2N2/c1-12-3-5-13(6-4-12)11-21(2)17(10-20)14-7-8-15(18)16(19)9-14/h3-9,17H,10-11,20H2,1-2H3. The predicted octanol–water partition coefficient (Wildman–Crippen LogP) is 3.41. The summed E-state index contributed by atoms with van der Waals surface area (Å²) in [5.74, 6) is -1.68. The minimum absolute atomic E-state index is 0.151. The largest absolute Gasteiger partial charge is 0.329 e. The van der Waals surface area contributed by atoms with E-state index in [4.69, 9.17) is 5.73 Å². The molecule has 21 heavy (non-hydrogen) atoms. The summed E-state index contributed by atoms with van der Waals surface area (Å²) >= 11 is 0. The molecular formula is C17H20F2N2. The number of nitrogens with two attached hydrogens (primary N) is 1. The lowest BCUT2D eigenvalue weighted by Gasteiger charge is -2.27. The lowest BCUT2D eigenvalue weighted by molar-refractivity contribution is 0.241. The molecule has 2 rings (SSSR count). The smallest absolute Gasteiger partial charge is 0.159 e. The molecule has 1 unspecified atom stereocenters. The van der Waals surface area contributed by atoms with Crippen molar-refractivity contribution in [1.82, 2.24) is 4.90 Å². The van der Waals surface area contributed by atoms with E-state index < -0.39 is 11.6 Å². The fourth-order valence-corrected chi connectivity index (χ4v) is 2.38. The van der Waals surface area contributed by atoms with E-state index in [-0.39, 0.29) is 6.04 Å². The van der Waals surface area contributed by atoms with Gasteiger partial charge in [0.15, 0.2) is 11.6 Å². The van der Waals surface area contributed by atoms with Crippen molar-refractivity contribution in [2.75, 3.05) is 13.6 Å². The lowest BCUT2D eigenvalue weighted by Crippen LogP contribution is -2.30. The number of hydrogen-bond donors (Lipinski definition) is 1. The van der Waals surface area contributed by atoms with E-state index in [1.54, 1.807) is 6.07 Å². The van der Waals surface area contributed by atoms with E-state index in [1.807, 2.05) is 18.9 Å². The first-order valence-corrected chi connectivity index (χ1v) is 6.92. The molecule has 2 nitrogen and oxygen atoms in total. The molecule has 4 heteroatoms. The van der Waals surface area contributed by atoms with E-state index in [0.29, 0.717) is 18.7 Å². The minimum atomic E-state index is -0.838. The van der Waals surface area contributed by atoms with Gasteiger partial charge in [0.2, 0.25) is 0 Å². The fraction of sp³-hybridized carbons (Fsp3) is 0.294. The number of nitrogens with zero attached hydrogens (tertiary/aromatic N) is 1. The summed E-state index contributed by atoms with van der Waals surface area (Å²) in [7, 11) is 1.93. The zero-order chi connectivity index (χ0) is 15.4. The summed E-state index contributed by atoms with van der Waals surface area (Å²) in [6, 6.07) is 12.0. The number of likely N-dealkylation sites (N-methyl/N-ethyl adjacent to an activating group) is 1. The first kappa shape index (κ1) is 15.6. The number of hydrogen-bond acceptors (Lipinski definition) is 2. The van der Waals surface area contributed by atoms with Gasteiger partial charge in [-0.1, -0.05) is 35.9 Å². The second kappa shape index (κ2) is 6.78. The van der Waals surface area contributed by atoms with Crippen LogP contribution in [-0.2, 0) is 6.54 Å². The third-order valence-electron chi connectivity index (χ3n) is 3.64. The van der Waals surface area contributed by atoms with Gasteiger partial charge < -0.3 is 5.73 Å². The Bertz CT molecular complexity index is 596. The Morgan fingerprint density at radius 2 is 1.71 bits per heavy atom. The molecule has 0 radical (unpaired) electrons. The van der Waals surface area contributed by atoms with Crippen molar-refractivity contribution in [2.24, 2.45) is 5.73 Å².